The topological polar surface area (TPSA) is 85.1 Å². The first-order valence-electron chi connectivity index (χ1n) is 8.31. The third kappa shape index (κ3) is 3.95. The van der Waals surface area contributed by atoms with Gasteiger partial charge >= 0.3 is 0 Å². The Labute approximate surface area is 159 Å². The molecule has 4 aromatic rings. The van der Waals surface area contributed by atoms with Gasteiger partial charge in [-0.05, 0) is 48.9 Å². The highest BCUT2D eigenvalue weighted by atomic mass is 32.2. The van der Waals surface area contributed by atoms with Gasteiger partial charge in [-0.15, -0.1) is 10.2 Å². The summed E-state index contributed by atoms with van der Waals surface area (Å²) >= 11 is 1.29. The van der Waals surface area contributed by atoms with Crippen LogP contribution in [0.3, 0.4) is 0 Å². The number of fused-ring (bicyclic) bond motifs is 1. The highest BCUT2D eigenvalue weighted by Gasteiger charge is 2.12. The van der Waals surface area contributed by atoms with Gasteiger partial charge in [0, 0.05) is 23.6 Å². The SMILES string of the molecule is Cc1cccc(NC(=O)CSc2nnc3ccc(-c4ccncc4)nn23)c1. The number of thioether (sulfide) groups is 1. The van der Waals surface area contributed by atoms with Crippen LogP contribution >= 0.6 is 11.8 Å². The lowest BCUT2D eigenvalue weighted by molar-refractivity contribution is -0.113. The monoisotopic (exact) mass is 376 g/mol. The van der Waals surface area contributed by atoms with Crippen LogP contribution in [0.15, 0.2) is 66.1 Å². The molecule has 27 heavy (non-hydrogen) atoms. The van der Waals surface area contributed by atoms with Gasteiger partial charge in [-0.25, -0.2) is 0 Å². The van der Waals surface area contributed by atoms with Gasteiger partial charge in [-0.1, -0.05) is 23.9 Å². The predicted octanol–water partition coefficient (Wildman–Crippen LogP) is 3.23. The fourth-order valence-electron chi connectivity index (χ4n) is 2.59. The van der Waals surface area contributed by atoms with Gasteiger partial charge in [0.1, 0.15) is 0 Å². The second-order valence-electron chi connectivity index (χ2n) is 5.91. The van der Waals surface area contributed by atoms with Crippen LogP contribution in [0.5, 0.6) is 0 Å². The Morgan fingerprint density at radius 1 is 1.11 bits per heavy atom. The van der Waals surface area contributed by atoms with Crippen molar-refractivity contribution >= 4 is 29.0 Å². The fraction of sp³-hybridized carbons (Fsp3) is 0.105. The average Bonchev–Trinajstić information content (AvgIpc) is 3.09. The van der Waals surface area contributed by atoms with Gasteiger partial charge in [0.15, 0.2) is 5.65 Å². The van der Waals surface area contributed by atoms with Gasteiger partial charge in [0.25, 0.3) is 0 Å². The number of benzene rings is 1. The molecule has 3 heterocycles. The minimum atomic E-state index is -0.104. The maximum Gasteiger partial charge on any atom is 0.234 e. The number of aromatic nitrogens is 5. The highest BCUT2D eigenvalue weighted by molar-refractivity contribution is 7.99. The zero-order valence-corrected chi connectivity index (χ0v) is 15.3. The molecular formula is C19H16N6OS. The van der Waals surface area contributed by atoms with Crippen molar-refractivity contribution in [1.29, 1.82) is 0 Å². The van der Waals surface area contributed by atoms with E-state index in [1.165, 1.54) is 11.8 Å². The molecule has 0 saturated carbocycles. The third-order valence-electron chi connectivity index (χ3n) is 3.84. The Morgan fingerprint density at radius 2 is 1.96 bits per heavy atom. The normalized spacial score (nSPS) is 10.9. The number of carbonyl (C=O) groups is 1. The number of rotatable bonds is 5. The standard InChI is InChI=1S/C19H16N6OS/c1-13-3-2-4-15(11-13)21-18(26)12-27-19-23-22-17-6-5-16(24-25(17)19)14-7-9-20-10-8-14/h2-11H,12H2,1H3,(H,21,26). The summed E-state index contributed by atoms with van der Waals surface area (Å²) < 4.78 is 1.65. The number of carbonyl (C=O) groups excluding carboxylic acids is 1. The van der Waals surface area contributed by atoms with E-state index < -0.39 is 0 Å². The number of pyridine rings is 1. The number of aryl methyl sites for hydroxylation is 1. The molecule has 0 radical (unpaired) electrons. The number of nitrogens with one attached hydrogen (secondary N) is 1. The molecule has 1 amide bonds. The highest BCUT2D eigenvalue weighted by Crippen LogP contribution is 2.20. The van der Waals surface area contributed by atoms with Crippen molar-refractivity contribution in [1.82, 2.24) is 24.8 Å². The summed E-state index contributed by atoms with van der Waals surface area (Å²) in [5.41, 5.74) is 4.25. The molecule has 0 atom stereocenters. The quantitative estimate of drug-likeness (QED) is 0.538. The molecule has 8 heteroatoms. The Kier molecular flexibility index (Phi) is 4.80. The molecule has 0 aliphatic carbocycles. The number of hydrogen-bond donors (Lipinski definition) is 1. The van der Waals surface area contributed by atoms with Crippen LogP contribution in [0.25, 0.3) is 16.9 Å². The molecule has 1 N–H and O–H groups in total. The van der Waals surface area contributed by atoms with Crippen LogP contribution < -0.4 is 5.32 Å². The molecule has 4 rings (SSSR count). The van der Waals surface area contributed by atoms with Crippen molar-refractivity contribution in [2.45, 2.75) is 12.1 Å². The zero-order chi connectivity index (χ0) is 18.6. The molecule has 7 nitrogen and oxygen atoms in total. The van der Waals surface area contributed by atoms with E-state index in [1.54, 1.807) is 16.9 Å². The molecule has 0 fully saturated rings. The molecule has 0 aliphatic heterocycles. The van der Waals surface area contributed by atoms with Crippen LogP contribution in [-0.2, 0) is 4.79 Å². The largest absolute Gasteiger partial charge is 0.325 e. The van der Waals surface area contributed by atoms with E-state index >= 15 is 0 Å². The summed E-state index contributed by atoms with van der Waals surface area (Å²) in [4.78, 5) is 16.2. The summed E-state index contributed by atoms with van der Waals surface area (Å²) in [6.45, 7) is 1.98. The van der Waals surface area contributed by atoms with Crippen LogP contribution in [0.2, 0.25) is 0 Å². The van der Waals surface area contributed by atoms with Crippen LogP contribution in [0, 0.1) is 6.92 Å². The van der Waals surface area contributed by atoms with Gasteiger partial charge < -0.3 is 5.32 Å². The first-order chi connectivity index (χ1) is 13.2. The van der Waals surface area contributed by atoms with E-state index in [9.17, 15) is 4.79 Å². The number of nitrogens with zero attached hydrogens (tertiary/aromatic N) is 5. The van der Waals surface area contributed by atoms with Crippen molar-refractivity contribution in [3.63, 3.8) is 0 Å². The first kappa shape index (κ1) is 17.2. The predicted molar refractivity (Wildman–Crippen MR) is 105 cm³/mol. The van der Waals surface area contributed by atoms with E-state index in [0.717, 1.165) is 22.5 Å². The van der Waals surface area contributed by atoms with E-state index in [4.69, 9.17) is 0 Å². The van der Waals surface area contributed by atoms with Gasteiger partial charge in [0.2, 0.25) is 11.1 Å². The van der Waals surface area contributed by atoms with Crippen LogP contribution in [-0.4, -0.2) is 36.5 Å². The van der Waals surface area contributed by atoms with Crippen molar-refractivity contribution in [2.75, 3.05) is 11.1 Å². The summed E-state index contributed by atoms with van der Waals surface area (Å²) in [7, 11) is 0. The van der Waals surface area contributed by atoms with E-state index in [1.807, 2.05) is 55.5 Å². The molecule has 0 bridgehead atoms. The average molecular weight is 376 g/mol. The molecule has 1 aromatic carbocycles. The Morgan fingerprint density at radius 3 is 2.78 bits per heavy atom. The molecule has 0 saturated heterocycles. The van der Waals surface area contributed by atoms with Crippen molar-refractivity contribution in [2.24, 2.45) is 0 Å². The maximum atomic E-state index is 12.2. The minimum absolute atomic E-state index is 0.104. The summed E-state index contributed by atoms with van der Waals surface area (Å²) in [6.07, 6.45) is 3.44. The minimum Gasteiger partial charge on any atom is -0.325 e. The molecular weight excluding hydrogens is 360 g/mol. The van der Waals surface area contributed by atoms with E-state index in [2.05, 4.69) is 25.6 Å². The molecule has 0 aliphatic rings. The van der Waals surface area contributed by atoms with E-state index in [-0.39, 0.29) is 11.7 Å². The van der Waals surface area contributed by atoms with Gasteiger partial charge in [-0.2, -0.15) is 9.61 Å². The number of anilines is 1. The van der Waals surface area contributed by atoms with Gasteiger partial charge in [-0.3, -0.25) is 9.78 Å². The fourth-order valence-corrected chi connectivity index (χ4v) is 3.27. The summed E-state index contributed by atoms with van der Waals surface area (Å²) in [6, 6.07) is 15.2. The molecule has 134 valence electrons. The second kappa shape index (κ2) is 7.55. The van der Waals surface area contributed by atoms with Crippen molar-refractivity contribution < 1.29 is 4.79 Å². The van der Waals surface area contributed by atoms with Gasteiger partial charge in [0.05, 0.1) is 11.4 Å². The summed E-state index contributed by atoms with van der Waals surface area (Å²) in [5, 5.41) is 16.3. The lowest BCUT2D eigenvalue weighted by atomic mass is 10.2. The van der Waals surface area contributed by atoms with Crippen LogP contribution in [0.4, 0.5) is 5.69 Å². The summed E-state index contributed by atoms with van der Waals surface area (Å²) in [5.74, 6) is 0.114. The molecule has 0 unspecified atom stereocenters. The third-order valence-corrected chi connectivity index (χ3v) is 4.76. The molecule has 3 aromatic heterocycles. The van der Waals surface area contributed by atoms with Crippen LogP contribution in [0.1, 0.15) is 5.56 Å². The van der Waals surface area contributed by atoms with E-state index in [0.29, 0.717) is 10.8 Å². The number of amides is 1. The first-order valence-corrected chi connectivity index (χ1v) is 9.30. The maximum absolute atomic E-state index is 12.2. The molecule has 0 spiro atoms. The Bertz CT molecular complexity index is 1100. The Hall–Kier alpha value is -3.26. The zero-order valence-electron chi connectivity index (χ0n) is 14.5. The Balaban J connectivity index is 1.49. The van der Waals surface area contributed by atoms with Crippen molar-refractivity contribution in [3.8, 4) is 11.3 Å². The second-order valence-corrected chi connectivity index (χ2v) is 6.86. The lowest BCUT2D eigenvalue weighted by Gasteiger charge is -2.05. The smallest absolute Gasteiger partial charge is 0.234 e. The van der Waals surface area contributed by atoms with Crippen molar-refractivity contribution in [3.05, 3.63) is 66.5 Å². The number of hydrogen-bond acceptors (Lipinski definition) is 6. The lowest BCUT2D eigenvalue weighted by Crippen LogP contribution is -2.14.